The van der Waals surface area contributed by atoms with Gasteiger partial charge in [-0.05, 0) is 13.0 Å². The first kappa shape index (κ1) is 11.1. The second-order valence-electron chi connectivity index (χ2n) is 3.89. The Morgan fingerprint density at radius 3 is 3.06 bits per heavy atom. The number of Topliss-reactive ketones (excluding diaryl/α,β-unsaturated/α-hetero) is 2. The molecule has 1 aromatic rings. The van der Waals surface area contributed by atoms with Gasteiger partial charge in [0.2, 0.25) is 0 Å². The Morgan fingerprint density at radius 2 is 2.38 bits per heavy atom. The van der Waals surface area contributed by atoms with Gasteiger partial charge < -0.3 is 5.32 Å². The molecule has 1 atom stereocenters. The number of rotatable bonds is 2. The average molecular weight is 239 g/mol. The van der Waals surface area contributed by atoms with Crippen LogP contribution in [-0.4, -0.2) is 22.6 Å². The van der Waals surface area contributed by atoms with Crippen LogP contribution in [0.3, 0.4) is 0 Å². The van der Waals surface area contributed by atoms with Crippen LogP contribution in [0.4, 0.5) is 5.82 Å². The number of aromatic nitrogens is 1. The van der Waals surface area contributed by atoms with Crippen LogP contribution in [0.5, 0.6) is 0 Å². The fraction of sp³-hybridized carbons (Fsp3) is 0.364. The minimum Gasteiger partial charge on any atom is -0.360 e. The first-order valence-corrected chi connectivity index (χ1v) is 5.38. The third-order valence-corrected chi connectivity index (χ3v) is 2.71. The number of pyridine rings is 1. The fourth-order valence-corrected chi connectivity index (χ4v) is 1.89. The number of ketones is 2. The molecule has 1 aliphatic heterocycles. The van der Waals surface area contributed by atoms with Crippen molar-refractivity contribution in [3.8, 4) is 0 Å². The summed E-state index contributed by atoms with van der Waals surface area (Å²) in [5, 5.41) is 3.33. The molecular formula is C11H11ClN2O2. The summed E-state index contributed by atoms with van der Waals surface area (Å²) in [6.45, 7) is 1.47. The number of nitrogens with zero attached hydrogens (tertiary/aromatic N) is 1. The zero-order chi connectivity index (χ0) is 11.7. The Hall–Kier alpha value is -1.42. The van der Waals surface area contributed by atoms with Crippen LogP contribution in [0.2, 0.25) is 5.15 Å². The van der Waals surface area contributed by atoms with Gasteiger partial charge in [0.1, 0.15) is 16.8 Å². The molecule has 84 valence electrons. The first-order valence-electron chi connectivity index (χ1n) is 5.00. The normalized spacial score (nSPS) is 18.9. The van der Waals surface area contributed by atoms with Gasteiger partial charge in [-0.15, -0.1) is 0 Å². The Bertz CT molecular complexity index is 459. The van der Waals surface area contributed by atoms with E-state index in [1.54, 1.807) is 12.1 Å². The van der Waals surface area contributed by atoms with Gasteiger partial charge in [0, 0.05) is 18.4 Å². The highest BCUT2D eigenvalue weighted by molar-refractivity contribution is 6.29. The first-order chi connectivity index (χ1) is 7.56. The van der Waals surface area contributed by atoms with Crippen molar-refractivity contribution < 1.29 is 9.59 Å². The van der Waals surface area contributed by atoms with Gasteiger partial charge in [0.05, 0.1) is 6.04 Å². The summed E-state index contributed by atoms with van der Waals surface area (Å²) < 4.78 is 0. The maximum absolute atomic E-state index is 11.7. The molecule has 0 aromatic carbocycles. The number of halogens is 1. The van der Waals surface area contributed by atoms with E-state index in [-0.39, 0.29) is 18.0 Å². The Balaban J connectivity index is 2.26. The zero-order valence-electron chi connectivity index (χ0n) is 8.79. The van der Waals surface area contributed by atoms with Crippen molar-refractivity contribution in [3.05, 3.63) is 22.8 Å². The minimum absolute atomic E-state index is 0.0173. The summed E-state index contributed by atoms with van der Waals surface area (Å²) in [5.41, 5.74) is 0.828. The van der Waals surface area contributed by atoms with Crippen molar-refractivity contribution >= 4 is 29.0 Å². The molecule has 0 saturated heterocycles. The van der Waals surface area contributed by atoms with E-state index >= 15 is 0 Å². The van der Waals surface area contributed by atoms with Crippen molar-refractivity contribution in [2.45, 2.75) is 25.8 Å². The molecule has 1 aromatic heterocycles. The van der Waals surface area contributed by atoms with Crippen LogP contribution in [0, 0.1) is 0 Å². The highest BCUT2D eigenvalue weighted by atomic mass is 35.5. The lowest BCUT2D eigenvalue weighted by molar-refractivity contribution is -0.123. The van der Waals surface area contributed by atoms with Crippen LogP contribution in [0.15, 0.2) is 12.1 Å². The minimum atomic E-state index is -0.462. The van der Waals surface area contributed by atoms with Crippen LogP contribution in [0.1, 0.15) is 18.9 Å². The molecule has 16 heavy (non-hydrogen) atoms. The van der Waals surface area contributed by atoms with E-state index in [1.807, 2.05) is 0 Å². The SMILES string of the molecule is CC(=O)C[C@H]1Nc2nc(Cl)ccc2CC1=O. The summed E-state index contributed by atoms with van der Waals surface area (Å²) in [6.07, 6.45) is 0.511. The Labute approximate surface area is 98.0 Å². The number of nitrogens with one attached hydrogen (secondary N) is 1. The van der Waals surface area contributed by atoms with Crippen molar-refractivity contribution in [1.29, 1.82) is 0 Å². The average Bonchev–Trinajstić information content (AvgIpc) is 2.19. The third-order valence-electron chi connectivity index (χ3n) is 2.50. The molecule has 0 fully saturated rings. The highest BCUT2D eigenvalue weighted by Gasteiger charge is 2.27. The Kier molecular flexibility index (Phi) is 2.92. The summed E-state index contributed by atoms with van der Waals surface area (Å²) in [4.78, 5) is 26.8. The lowest BCUT2D eigenvalue weighted by atomic mass is 9.96. The molecule has 5 heteroatoms. The Morgan fingerprint density at radius 1 is 1.62 bits per heavy atom. The second-order valence-corrected chi connectivity index (χ2v) is 4.28. The standard InChI is InChI=1S/C11H11ClN2O2/c1-6(15)4-8-9(16)5-7-2-3-10(12)14-11(7)13-8/h2-3,8H,4-5H2,1H3,(H,13,14)/t8-/m1/s1. The quantitative estimate of drug-likeness (QED) is 0.796. The molecule has 0 amide bonds. The molecule has 1 aliphatic rings. The third kappa shape index (κ3) is 2.22. The number of anilines is 1. The van der Waals surface area contributed by atoms with E-state index in [2.05, 4.69) is 10.3 Å². The van der Waals surface area contributed by atoms with Gasteiger partial charge in [0.15, 0.2) is 5.78 Å². The smallest absolute Gasteiger partial charge is 0.160 e. The van der Waals surface area contributed by atoms with Crippen LogP contribution in [0.25, 0.3) is 0 Å². The molecule has 4 nitrogen and oxygen atoms in total. The van der Waals surface area contributed by atoms with Gasteiger partial charge in [-0.25, -0.2) is 4.98 Å². The molecule has 0 unspecified atom stereocenters. The van der Waals surface area contributed by atoms with E-state index in [4.69, 9.17) is 11.6 Å². The number of carbonyl (C=O) groups is 2. The lowest BCUT2D eigenvalue weighted by Crippen LogP contribution is -2.37. The van der Waals surface area contributed by atoms with Gasteiger partial charge >= 0.3 is 0 Å². The molecule has 0 aliphatic carbocycles. The fourth-order valence-electron chi connectivity index (χ4n) is 1.74. The predicted molar refractivity (Wildman–Crippen MR) is 60.7 cm³/mol. The van der Waals surface area contributed by atoms with Gasteiger partial charge in [-0.1, -0.05) is 17.7 Å². The van der Waals surface area contributed by atoms with Crippen LogP contribution < -0.4 is 5.32 Å². The van der Waals surface area contributed by atoms with Gasteiger partial charge in [-0.2, -0.15) is 0 Å². The maximum Gasteiger partial charge on any atom is 0.160 e. The number of fused-ring (bicyclic) bond motifs is 1. The van der Waals surface area contributed by atoms with Crippen molar-refractivity contribution in [3.63, 3.8) is 0 Å². The zero-order valence-corrected chi connectivity index (χ0v) is 9.54. The topological polar surface area (TPSA) is 59.1 Å². The number of carbonyl (C=O) groups excluding carboxylic acids is 2. The summed E-state index contributed by atoms with van der Waals surface area (Å²) in [7, 11) is 0. The predicted octanol–water partition coefficient (Wildman–Crippen LogP) is 1.62. The van der Waals surface area contributed by atoms with Crippen LogP contribution in [-0.2, 0) is 16.0 Å². The van der Waals surface area contributed by atoms with Crippen molar-refractivity contribution in [1.82, 2.24) is 4.98 Å². The molecule has 1 N–H and O–H groups in total. The monoisotopic (exact) mass is 238 g/mol. The molecule has 0 saturated carbocycles. The molecule has 0 radical (unpaired) electrons. The van der Waals surface area contributed by atoms with Crippen molar-refractivity contribution in [2.75, 3.05) is 5.32 Å². The molecule has 2 rings (SSSR count). The highest BCUT2D eigenvalue weighted by Crippen LogP contribution is 2.24. The van der Waals surface area contributed by atoms with Gasteiger partial charge in [-0.3, -0.25) is 9.59 Å². The van der Waals surface area contributed by atoms with E-state index < -0.39 is 6.04 Å². The molecule has 2 heterocycles. The maximum atomic E-state index is 11.7. The molecule has 0 spiro atoms. The van der Waals surface area contributed by atoms with E-state index in [0.29, 0.717) is 17.4 Å². The van der Waals surface area contributed by atoms with E-state index in [9.17, 15) is 9.59 Å². The number of hydrogen-bond acceptors (Lipinski definition) is 4. The summed E-state index contributed by atoms with van der Waals surface area (Å²) in [5.74, 6) is 0.613. The second kappa shape index (κ2) is 4.22. The van der Waals surface area contributed by atoms with Crippen LogP contribution >= 0.6 is 11.6 Å². The summed E-state index contributed by atoms with van der Waals surface area (Å²) >= 11 is 5.76. The summed E-state index contributed by atoms with van der Waals surface area (Å²) in [6, 6.07) is 2.97. The lowest BCUT2D eigenvalue weighted by Gasteiger charge is -2.24. The van der Waals surface area contributed by atoms with Crippen molar-refractivity contribution in [2.24, 2.45) is 0 Å². The largest absolute Gasteiger partial charge is 0.360 e. The van der Waals surface area contributed by atoms with Gasteiger partial charge in [0.25, 0.3) is 0 Å². The molecular weight excluding hydrogens is 228 g/mol. The number of hydrogen-bond donors (Lipinski definition) is 1. The van der Waals surface area contributed by atoms with E-state index in [0.717, 1.165) is 5.56 Å². The van der Waals surface area contributed by atoms with E-state index in [1.165, 1.54) is 6.92 Å². The molecule has 0 bridgehead atoms.